The highest BCUT2D eigenvalue weighted by Gasteiger charge is 2.33. The Balaban J connectivity index is 1.34. The summed E-state index contributed by atoms with van der Waals surface area (Å²) in [6, 6.07) is 14.9. The molecule has 3 aromatic rings. The summed E-state index contributed by atoms with van der Waals surface area (Å²) in [5.41, 5.74) is 2.89. The van der Waals surface area contributed by atoms with Crippen molar-refractivity contribution >= 4 is 40.7 Å². The van der Waals surface area contributed by atoms with Crippen molar-refractivity contribution in [3.63, 3.8) is 0 Å². The number of hydrogen-bond donors (Lipinski definition) is 0. The number of carbonyl (C=O) groups is 1. The van der Waals surface area contributed by atoms with E-state index in [9.17, 15) is 14.9 Å². The van der Waals surface area contributed by atoms with Gasteiger partial charge in [-0.25, -0.2) is 0 Å². The van der Waals surface area contributed by atoms with Gasteiger partial charge in [-0.3, -0.25) is 19.8 Å². The average Bonchev–Trinajstić information content (AvgIpc) is 3.14. The number of fused-ring (bicyclic) bond motifs is 3. The van der Waals surface area contributed by atoms with E-state index in [4.69, 9.17) is 32.7 Å². The van der Waals surface area contributed by atoms with Gasteiger partial charge in [0.1, 0.15) is 18.2 Å². The van der Waals surface area contributed by atoms with Crippen LogP contribution in [0, 0.1) is 10.1 Å². The summed E-state index contributed by atoms with van der Waals surface area (Å²) >= 11 is 12.3. The molecule has 172 valence electrons. The molecule has 0 bridgehead atoms. The second-order valence-electron chi connectivity index (χ2n) is 8.02. The molecule has 2 aliphatic rings. The zero-order chi connectivity index (χ0) is 23.8. The van der Waals surface area contributed by atoms with E-state index >= 15 is 0 Å². The van der Waals surface area contributed by atoms with Gasteiger partial charge in [0.25, 0.3) is 5.69 Å². The number of nitro benzene ring substituents is 1. The summed E-state index contributed by atoms with van der Waals surface area (Å²) in [6.45, 7) is 1.67. The fraction of sp³-hybridized carbons (Fsp3) is 0.160. The summed E-state index contributed by atoms with van der Waals surface area (Å²) in [5, 5.41) is 12.1. The second kappa shape index (κ2) is 9.10. The highest BCUT2D eigenvalue weighted by Crippen LogP contribution is 2.42. The van der Waals surface area contributed by atoms with E-state index < -0.39 is 4.92 Å². The SMILES string of the molecule is O=C1/C(=C/c2ccc([N+](=O)[O-])cc2)Oc2c1ccc1c2CN(CCc2ccc(Cl)cc2Cl)CO1. The molecule has 0 atom stereocenters. The normalized spacial score (nSPS) is 16.1. The molecular weight excluding hydrogens is 479 g/mol. The molecule has 3 aromatic carbocycles. The fourth-order valence-electron chi connectivity index (χ4n) is 3.99. The van der Waals surface area contributed by atoms with E-state index in [-0.39, 0.29) is 17.2 Å². The average molecular weight is 497 g/mol. The zero-order valence-electron chi connectivity index (χ0n) is 17.8. The summed E-state index contributed by atoms with van der Waals surface area (Å²) in [5.74, 6) is 1.11. The Kier molecular flexibility index (Phi) is 6.00. The molecule has 7 nitrogen and oxygen atoms in total. The molecular formula is C25H18Cl2N2O5. The Morgan fingerprint density at radius 1 is 1.09 bits per heavy atom. The lowest BCUT2D eigenvalue weighted by Crippen LogP contribution is -2.33. The third kappa shape index (κ3) is 4.37. The molecule has 34 heavy (non-hydrogen) atoms. The van der Waals surface area contributed by atoms with Crippen LogP contribution in [0.1, 0.15) is 27.0 Å². The van der Waals surface area contributed by atoms with E-state index in [1.807, 2.05) is 12.1 Å². The predicted molar refractivity (Wildman–Crippen MR) is 129 cm³/mol. The van der Waals surface area contributed by atoms with Crippen molar-refractivity contribution in [2.24, 2.45) is 0 Å². The first-order valence-electron chi connectivity index (χ1n) is 10.5. The van der Waals surface area contributed by atoms with Crippen LogP contribution in [-0.4, -0.2) is 28.9 Å². The van der Waals surface area contributed by atoms with E-state index in [2.05, 4.69) is 4.90 Å². The third-order valence-corrected chi connectivity index (χ3v) is 6.38. The Bertz CT molecular complexity index is 1340. The smallest absolute Gasteiger partial charge is 0.269 e. The van der Waals surface area contributed by atoms with Gasteiger partial charge in [0, 0.05) is 35.3 Å². The van der Waals surface area contributed by atoms with E-state index in [0.717, 1.165) is 17.5 Å². The number of benzene rings is 3. The highest BCUT2D eigenvalue weighted by molar-refractivity contribution is 6.35. The monoisotopic (exact) mass is 496 g/mol. The molecule has 0 aromatic heterocycles. The van der Waals surface area contributed by atoms with Crippen LogP contribution >= 0.6 is 23.2 Å². The van der Waals surface area contributed by atoms with Crippen LogP contribution in [-0.2, 0) is 13.0 Å². The summed E-state index contributed by atoms with van der Waals surface area (Å²) < 4.78 is 11.9. The van der Waals surface area contributed by atoms with E-state index in [1.165, 1.54) is 12.1 Å². The van der Waals surface area contributed by atoms with Crippen molar-refractivity contribution in [3.8, 4) is 11.5 Å². The van der Waals surface area contributed by atoms with Crippen molar-refractivity contribution < 1.29 is 19.2 Å². The number of nitrogens with zero attached hydrogens (tertiary/aromatic N) is 2. The number of Topliss-reactive ketones (excluding diaryl/α,β-unsaturated/α-hetero) is 1. The number of allylic oxidation sites excluding steroid dienone is 1. The molecule has 0 aliphatic carbocycles. The largest absolute Gasteiger partial charge is 0.478 e. The maximum atomic E-state index is 12.9. The Hall–Kier alpha value is -3.39. The van der Waals surface area contributed by atoms with Crippen molar-refractivity contribution in [3.05, 3.63) is 103 Å². The maximum Gasteiger partial charge on any atom is 0.269 e. The Morgan fingerprint density at radius 2 is 1.88 bits per heavy atom. The van der Waals surface area contributed by atoms with Gasteiger partial charge in [0.2, 0.25) is 5.78 Å². The van der Waals surface area contributed by atoms with Crippen LogP contribution in [0.25, 0.3) is 6.08 Å². The highest BCUT2D eigenvalue weighted by atomic mass is 35.5. The fourth-order valence-corrected chi connectivity index (χ4v) is 4.50. The summed E-state index contributed by atoms with van der Waals surface area (Å²) in [7, 11) is 0. The minimum Gasteiger partial charge on any atom is -0.478 e. The Labute approximate surface area is 205 Å². The van der Waals surface area contributed by atoms with Crippen molar-refractivity contribution in [2.75, 3.05) is 13.3 Å². The molecule has 9 heteroatoms. The number of hydrogen-bond acceptors (Lipinski definition) is 6. The van der Waals surface area contributed by atoms with Gasteiger partial charge >= 0.3 is 0 Å². The van der Waals surface area contributed by atoms with Gasteiger partial charge in [-0.15, -0.1) is 0 Å². The van der Waals surface area contributed by atoms with Gasteiger partial charge in [-0.2, -0.15) is 0 Å². The predicted octanol–water partition coefficient (Wildman–Crippen LogP) is 5.91. The quantitative estimate of drug-likeness (QED) is 0.248. The van der Waals surface area contributed by atoms with Crippen LogP contribution in [0.15, 0.2) is 60.4 Å². The van der Waals surface area contributed by atoms with E-state index in [0.29, 0.717) is 52.5 Å². The van der Waals surface area contributed by atoms with E-state index in [1.54, 1.807) is 36.4 Å². The number of rotatable bonds is 5. The lowest BCUT2D eigenvalue weighted by Gasteiger charge is -2.29. The third-order valence-electron chi connectivity index (χ3n) is 5.80. The van der Waals surface area contributed by atoms with Crippen LogP contribution < -0.4 is 9.47 Å². The molecule has 0 saturated carbocycles. The van der Waals surface area contributed by atoms with Crippen LogP contribution in [0.5, 0.6) is 11.5 Å². The summed E-state index contributed by atoms with van der Waals surface area (Å²) in [4.78, 5) is 25.4. The van der Waals surface area contributed by atoms with Crippen LogP contribution in [0.2, 0.25) is 10.0 Å². The molecule has 2 heterocycles. The first kappa shape index (κ1) is 22.4. The standard InChI is InChI=1S/C25H18Cl2N2O5/c26-17-4-3-16(21(27)12-17)9-10-28-13-20-22(33-14-28)8-7-19-24(30)23(34-25(19)20)11-15-1-5-18(6-2-15)29(31)32/h1-8,11-12H,9-10,13-14H2/b23-11-. The molecule has 0 amide bonds. The number of nitro groups is 1. The van der Waals surface area contributed by atoms with Crippen molar-refractivity contribution in [2.45, 2.75) is 13.0 Å². The van der Waals surface area contributed by atoms with Gasteiger partial charge in [0.05, 0.1) is 16.1 Å². The molecule has 2 aliphatic heterocycles. The number of ketones is 1. The van der Waals surface area contributed by atoms with Gasteiger partial charge in [-0.1, -0.05) is 29.3 Å². The number of ether oxygens (including phenoxy) is 2. The molecule has 5 rings (SSSR count). The second-order valence-corrected chi connectivity index (χ2v) is 8.86. The molecule has 0 N–H and O–H groups in total. The topological polar surface area (TPSA) is 81.9 Å². The van der Waals surface area contributed by atoms with Gasteiger partial charge in [-0.05, 0) is 60.0 Å². The number of halogens is 2. The molecule has 0 fully saturated rings. The van der Waals surface area contributed by atoms with Crippen LogP contribution in [0.3, 0.4) is 0 Å². The molecule has 0 saturated heterocycles. The Morgan fingerprint density at radius 3 is 2.62 bits per heavy atom. The molecule has 0 radical (unpaired) electrons. The first-order chi connectivity index (χ1) is 16.4. The van der Waals surface area contributed by atoms with Crippen molar-refractivity contribution in [1.82, 2.24) is 4.90 Å². The van der Waals surface area contributed by atoms with Crippen LogP contribution in [0.4, 0.5) is 5.69 Å². The molecule has 0 unspecified atom stereocenters. The molecule has 0 spiro atoms. The maximum absolute atomic E-state index is 12.9. The lowest BCUT2D eigenvalue weighted by molar-refractivity contribution is -0.384. The number of carbonyl (C=O) groups excluding carboxylic acids is 1. The zero-order valence-corrected chi connectivity index (χ0v) is 19.3. The first-order valence-corrected chi connectivity index (χ1v) is 11.3. The summed E-state index contributed by atoms with van der Waals surface area (Å²) in [6.07, 6.45) is 2.30. The minimum atomic E-state index is -0.469. The van der Waals surface area contributed by atoms with Crippen molar-refractivity contribution in [1.29, 1.82) is 0 Å². The number of non-ortho nitro benzene ring substituents is 1. The lowest BCUT2D eigenvalue weighted by atomic mass is 10.0. The minimum absolute atomic E-state index is 0.0182. The van der Waals surface area contributed by atoms with Gasteiger partial charge in [0.15, 0.2) is 5.76 Å². The van der Waals surface area contributed by atoms with Gasteiger partial charge < -0.3 is 9.47 Å².